The first-order valence-electron chi connectivity index (χ1n) is 10.1. The first-order chi connectivity index (χ1) is 15.5. The number of nitrogens with one attached hydrogen (secondary N) is 1. The van der Waals surface area contributed by atoms with Crippen LogP contribution >= 0.6 is 0 Å². The molecule has 0 unspecified atom stereocenters. The minimum Gasteiger partial charge on any atom is -0.455 e. The van der Waals surface area contributed by atoms with Crippen molar-refractivity contribution >= 4 is 28.5 Å². The molecule has 0 atom stereocenters. The van der Waals surface area contributed by atoms with Crippen LogP contribution in [0.2, 0.25) is 0 Å². The molecule has 4 rings (SSSR count). The summed E-state index contributed by atoms with van der Waals surface area (Å²) in [5.74, 6) is -0.822. The zero-order valence-electron chi connectivity index (χ0n) is 17.7. The van der Waals surface area contributed by atoms with Gasteiger partial charge in [0.25, 0.3) is 5.91 Å². The maximum Gasteiger partial charge on any atom is 0.342 e. The van der Waals surface area contributed by atoms with E-state index in [9.17, 15) is 14.4 Å². The molecule has 0 bridgehead atoms. The van der Waals surface area contributed by atoms with Crippen LogP contribution in [0.15, 0.2) is 82.0 Å². The Morgan fingerprint density at radius 1 is 0.906 bits per heavy atom. The fourth-order valence-corrected chi connectivity index (χ4v) is 3.44. The predicted molar refractivity (Wildman–Crippen MR) is 123 cm³/mol. The average Bonchev–Trinajstić information content (AvgIpc) is 2.81. The summed E-state index contributed by atoms with van der Waals surface area (Å²) in [6.07, 6.45) is 0. The normalized spacial score (nSPS) is 10.7. The lowest BCUT2D eigenvalue weighted by Gasteiger charge is -2.11. The third-order valence-electron chi connectivity index (χ3n) is 5.15. The van der Waals surface area contributed by atoms with E-state index >= 15 is 0 Å². The van der Waals surface area contributed by atoms with E-state index in [4.69, 9.17) is 9.15 Å². The second kappa shape index (κ2) is 8.89. The number of carbonyl (C=O) groups excluding carboxylic acids is 2. The predicted octanol–water partition coefficient (Wildman–Crippen LogP) is 4.87. The van der Waals surface area contributed by atoms with Gasteiger partial charge in [-0.15, -0.1) is 0 Å². The van der Waals surface area contributed by atoms with Gasteiger partial charge in [0.15, 0.2) is 17.6 Å². The summed E-state index contributed by atoms with van der Waals surface area (Å²) in [6.45, 7) is 3.09. The van der Waals surface area contributed by atoms with Gasteiger partial charge in [0, 0.05) is 16.8 Å². The molecule has 0 aliphatic carbocycles. The summed E-state index contributed by atoms with van der Waals surface area (Å²) in [6, 6.07) is 21.2. The maximum atomic E-state index is 12.9. The molecule has 1 aromatic heterocycles. The van der Waals surface area contributed by atoms with Gasteiger partial charge in [0.2, 0.25) is 0 Å². The van der Waals surface area contributed by atoms with Gasteiger partial charge in [-0.05, 0) is 37.6 Å². The highest BCUT2D eigenvalue weighted by Crippen LogP contribution is 2.27. The summed E-state index contributed by atoms with van der Waals surface area (Å²) in [5.41, 5.74) is 2.71. The van der Waals surface area contributed by atoms with E-state index in [1.54, 1.807) is 31.2 Å². The first kappa shape index (κ1) is 21.1. The van der Waals surface area contributed by atoms with Crippen LogP contribution in [-0.2, 0) is 9.53 Å². The third-order valence-corrected chi connectivity index (χ3v) is 5.15. The second-order valence-electron chi connectivity index (χ2n) is 7.37. The number of carbonyl (C=O) groups is 2. The molecule has 0 aliphatic heterocycles. The number of rotatable bonds is 5. The Hall–Kier alpha value is -4.19. The number of fused-ring (bicyclic) bond motifs is 1. The quantitative estimate of drug-likeness (QED) is 0.459. The monoisotopic (exact) mass is 427 g/mol. The molecule has 160 valence electrons. The number of anilines is 1. The standard InChI is InChI=1S/C26H21NO5/c1-16-9-6-7-14-21(16)27-22(28)15-31-26(30)20-13-8-12-19-23(29)17(2)24(32-25(19)20)18-10-4-3-5-11-18/h3-14H,15H2,1-2H3,(H,27,28). The third kappa shape index (κ3) is 4.16. The van der Waals surface area contributed by atoms with Gasteiger partial charge in [-0.2, -0.15) is 0 Å². The van der Waals surface area contributed by atoms with Gasteiger partial charge < -0.3 is 14.5 Å². The van der Waals surface area contributed by atoms with Crippen molar-refractivity contribution in [2.24, 2.45) is 0 Å². The zero-order valence-corrected chi connectivity index (χ0v) is 17.7. The van der Waals surface area contributed by atoms with E-state index < -0.39 is 18.5 Å². The van der Waals surface area contributed by atoms with Crippen LogP contribution < -0.4 is 10.7 Å². The number of hydrogen-bond donors (Lipinski definition) is 1. The molecule has 0 saturated carbocycles. The van der Waals surface area contributed by atoms with Gasteiger partial charge in [0.1, 0.15) is 11.3 Å². The maximum absolute atomic E-state index is 12.9. The Kier molecular flexibility index (Phi) is 5.85. The summed E-state index contributed by atoms with van der Waals surface area (Å²) in [7, 11) is 0. The van der Waals surface area contributed by atoms with Gasteiger partial charge in [0.05, 0.1) is 5.39 Å². The van der Waals surface area contributed by atoms with E-state index in [2.05, 4.69) is 5.32 Å². The van der Waals surface area contributed by atoms with Gasteiger partial charge in [-0.25, -0.2) is 4.79 Å². The number of amides is 1. The van der Waals surface area contributed by atoms with Crippen molar-refractivity contribution in [3.8, 4) is 11.3 Å². The second-order valence-corrected chi connectivity index (χ2v) is 7.37. The Bertz CT molecular complexity index is 1370. The number of esters is 1. The van der Waals surface area contributed by atoms with Crippen molar-refractivity contribution in [1.29, 1.82) is 0 Å². The largest absolute Gasteiger partial charge is 0.455 e. The lowest BCUT2D eigenvalue weighted by Crippen LogP contribution is -2.21. The minimum absolute atomic E-state index is 0.0838. The number of hydrogen-bond acceptors (Lipinski definition) is 5. The molecule has 32 heavy (non-hydrogen) atoms. The minimum atomic E-state index is -0.749. The molecule has 1 N–H and O–H groups in total. The first-order valence-corrected chi connectivity index (χ1v) is 10.1. The fraction of sp³-hybridized carbons (Fsp3) is 0.115. The number of aryl methyl sites for hydroxylation is 1. The molecular formula is C26H21NO5. The summed E-state index contributed by atoms with van der Waals surface area (Å²) in [5, 5.41) is 2.99. The SMILES string of the molecule is Cc1ccccc1NC(=O)COC(=O)c1cccc2c(=O)c(C)c(-c3ccccc3)oc12. The zero-order chi connectivity index (χ0) is 22.7. The van der Waals surface area contributed by atoms with Gasteiger partial charge in [-0.3, -0.25) is 9.59 Å². The van der Waals surface area contributed by atoms with Crippen molar-refractivity contribution in [3.63, 3.8) is 0 Å². The molecule has 3 aromatic carbocycles. The molecule has 6 heteroatoms. The van der Waals surface area contributed by atoms with Gasteiger partial charge >= 0.3 is 5.97 Å². The summed E-state index contributed by atoms with van der Waals surface area (Å²) in [4.78, 5) is 37.9. The molecule has 1 heterocycles. The van der Waals surface area contributed by atoms with Gasteiger partial charge in [-0.1, -0.05) is 54.6 Å². The van der Waals surface area contributed by atoms with Crippen molar-refractivity contribution in [3.05, 3.63) is 99.7 Å². The highest BCUT2D eigenvalue weighted by Gasteiger charge is 2.20. The lowest BCUT2D eigenvalue weighted by molar-refractivity contribution is -0.119. The Balaban J connectivity index is 1.62. The van der Waals surface area contributed by atoms with Crippen molar-refractivity contribution in [2.45, 2.75) is 13.8 Å². The van der Waals surface area contributed by atoms with Crippen molar-refractivity contribution in [1.82, 2.24) is 0 Å². The van der Waals surface area contributed by atoms with Crippen LogP contribution in [0.4, 0.5) is 5.69 Å². The fourth-order valence-electron chi connectivity index (χ4n) is 3.44. The summed E-state index contributed by atoms with van der Waals surface area (Å²) >= 11 is 0. The Morgan fingerprint density at radius 3 is 2.38 bits per heavy atom. The van der Waals surface area contributed by atoms with Crippen LogP contribution in [0.1, 0.15) is 21.5 Å². The molecule has 6 nitrogen and oxygen atoms in total. The topological polar surface area (TPSA) is 85.6 Å². The van der Waals surface area contributed by atoms with Crippen molar-refractivity contribution in [2.75, 3.05) is 11.9 Å². The van der Waals surface area contributed by atoms with Crippen LogP contribution in [-0.4, -0.2) is 18.5 Å². The smallest absolute Gasteiger partial charge is 0.342 e. The summed E-state index contributed by atoms with van der Waals surface area (Å²) < 4.78 is 11.2. The average molecular weight is 427 g/mol. The van der Waals surface area contributed by atoms with Crippen molar-refractivity contribution < 1.29 is 18.7 Å². The molecule has 4 aromatic rings. The van der Waals surface area contributed by atoms with E-state index in [1.165, 1.54) is 6.07 Å². The molecule has 0 spiro atoms. The molecule has 1 amide bonds. The highest BCUT2D eigenvalue weighted by molar-refractivity contribution is 6.03. The Morgan fingerprint density at radius 2 is 1.62 bits per heavy atom. The van der Waals surface area contributed by atoms with Crippen LogP contribution in [0.25, 0.3) is 22.3 Å². The van der Waals surface area contributed by atoms with E-state index in [-0.39, 0.29) is 22.0 Å². The number of benzene rings is 3. The number of ether oxygens (including phenoxy) is 1. The molecule has 0 saturated heterocycles. The molecule has 0 fully saturated rings. The highest BCUT2D eigenvalue weighted by atomic mass is 16.5. The van der Waals surface area contributed by atoms with E-state index in [0.29, 0.717) is 17.0 Å². The molecular weight excluding hydrogens is 406 g/mol. The van der Waals surface area contributed by atoms with Crippen LogP contribution in [0.3, 0.4) is 0 Å². The Labute approximate surface area is 184 Å². The lowest BCUT2D eigenvalue weighted by atomic mass is 10.0. The van der Waals surface area contributed by atoms with E-state index in [1.807, 2.05) is 49.4 Å². The molecule has 0 aliphatic rings. The van der Waals surface area contributed by atoms with E-state index in [0.717, 1.165) is 11.1 Å². The number of para-hydroxylation sites is 2. The molecule has 0 radical (unpaired) electrons. The van der Waals surface area contributed by atoms with Crippen LogP contribution in [0, 0.1) is 13.8 Å². The van der Waals surface area contributed by atoms with Crippen LogP contribution in [0.5, 0.6) is 0 Å².